The third-order valence-electron chi connectivity index (χ3n) is 4.95. The van der Waals surface area contributed by atoms with E-state index in [0.29, 0.717) is 0 Å². The Morgan fingerprint density at radius 1 is 0.923 bits per heavy atom. The van der Waals surface area contributed by atoms with Gasteiger partial charge in [-0.05, 0) is 41.9 Å². The van der Waals surface area contributed by atoms with Crippen LogP contribution in [-0.4, -0.2) is 27.7 Å². The number of fused-ring (bicyclic) bond motifs is 1. The molecule has 0 spiro atoms. The lowest BCUT2D eigenvalue weighted by Crippen LogP contribution is -2.47. The number of nitrogens with one attached hydrogen (secondary N) is 1. The summed E-state index contributed by atoms with van der Waals surface area (Å²) in [5, 5.41) is 4.31. The molecular weight excluding hydrogens is 338 g/mol. The van der Waals surface area contributed by atoms with Crippen LogP contribution in [0.2, 0.25) is 0 Å². The van der Waals surface area contributed by atoms with Crippen LogP contribution in [0.25, 0.3) is 0 Å². The average Bonchev–Trinajstić information content (AvgIpc) is 3.17. The molecule has 4 rings (SSSR count). The molecule has 3 aromatic rings. The van der Waals surface area contributed by atoms with Gasteiger partial charge < -0.3 is 14.8 Å². The van der Waals surface area contributed by atoms with E-state index in [-0.39, 0.29) is 6.04 Å². The van der Waals surface area contributed by atoms with Crippen LogP contribution in [0.5, 0.6) is 0 Å². The summed E-state index contributed by atoms with van der Waals surface area (Å²) in [4.78, 5) is 2.32. The molecule has 3 nitrogen and oxygen atoms in total. The first kappa shape index (κ1) is 16.9. The molecule has 0 bridgehead atoms. The van der Waals surface area contributed by atoms with Crippen molar-refractivity contribution in [1.82, 2.24) is 14.8 Å². The van der Waals surface area contributed by atoms with Gasteiger partial charge in [0, 0.05) is 31.5 Å². The van der Waals surface area contributed by atoms with E-state index in [9.17, 15) is 0 Å². The highest BCUT2D eigenvalue weighted by molar-refractivity contribution is 7.80. The van der Waals surface area contributed by atoms with Gasteiger partial charge in [-0.3, -0.25) is 0 Å². The van der Waals surface area contributed by atoms with Gasteiger partial charge in [0.1, 0.15) is 0 Å². The second-order valence-corrected chi connectivity index (χ2v) is 6.99. The van der Waals surface area contributed by atoms with Gasteiger partial charge in [0.25, 0.3) is 0 Å². The molecule has 0 amide bonds. The minimum absolute atomic E-state index is 0.164. The van der Waals surface area contributed by atoms with Crippen molar-refractivity contribution in [2.75, 3.05) is 13.1 Å². The Kier molecular flexibility index (Phi) is 5.02. The van der Waals surface area contributed by atoms with Crippen molar-refractivity contribution in [2.24, 2.45) is 0 Å². The molecule has 0 radical (unpaired) electrons. The van der Waals surface area contributed by atoms with E-state index in [1.165, 1.54) is 16.8 Å². The van der Waals surface area contributed by atoms with Crippen molar-refractivity contribution in [3.8, 4) is 0 Å². The molecule has 26 heavy (non-hydrogen) atoms. The maximum Gasteiger partial charge on any atom is 0.169 e. The highest BCUT2D eigenvalue weighted by Gasteiger charge is 2.30. The summed E-state index contributed by atoms with van der Waals surface area (Å²) in [6, 6.07) is 25.7. The van der Waals surface area contributed by atoms with E-state index in [1.807, 2.05) is 0 Å². The van der Waals surface area contributed by atoms with Crippen molar-refractivity contribution in [3.05, 3.63) is 95.8 Å². The lowest BCUT2D eigenvalue weighted by Gasteiger charge is -2.39. The van der Waals surface area contributed by atoms with Crippen LogP contribution in [0.4, 0.5) is 0 Å². The minimum Gasteiger partial charge on any atom is -0.362 e. The fourth-order valence-corrected chi connectivity index (χ4v) is 3.95. The van der Waals surface area contributed by atoms with Gasteiger partial charge in [0.05, 0.1) is 6.04 Å². The number of rotatable bonds is 4. The van der Waals surface area contributed by atoms with Gasteiger partial charge in [-0.2, -0.15) is 0 Å². The van der Waals surface area contributed by atoms with E-state index in [4.69, 9.17) is 12.2 Å². The van der Waals surface area contributed by atoms with Gasteiger partial charge in [-0.15, -0.1) is 0 Å². The molecule has 2 heterocycles. The lowest BCUT2D eigenvalue weighted by atomic mass is 10.0. The fraction of sp³-hybridized carbons (Fsp3) is 0.227. The number of aromatic nitrogens is 1. The van der Waals surface area contributed by atoms with Crippen molar-refractivity contribution in [3.63, 3.8) is 0 Å². The Bertz CT molecular complexity index is 857. The Labute approximate surface area is 160 Å². The monoisotopic (exact) mass is 361 g/mol. The summed E-state index contributed by atoms with van der Waals surface area (Å²) in [5.74, 6) is 0. The fourth-order valence-electron chi connectivity index (χ4n) is 3.65. The van der Waals surface area contributed by atoms with E-state index >= 15 is 0 Å². The second-order valence-electron chi connectivity index (χ2n) is 6.60. The summed E-state index contributed by atoms with van der Waals surface area (Å²) < 4.78 is 2.33. The number of nitrogens with zero attached hydrogens (tertiary/aromatic N) is 2. The molecule has 1 atom stereocenters. The number of benzene rings is 2. The quantitative estimate of drug-likeness (QED) is 0.709. The summed E-state index contributed by atoms with van der Waals surface area (Å²) in [5.41, 5.74) is 3.91. The smallest absolute Gasteiger partial charge is 0.169 e. The summed E-state index contributed by atoms with van der Waals surface area (Å²) in [6.07, 6.45) is 3.13. The molecule has 0 saturated heterocycles. The SMILES string of the molecule is S=C(NCCc1ccccc1)N1CCn2cccc2[C@@H]1c1ccccc1. The summed E-state index contributed by atoms with van der Waals surface area (Å²) in [7, 11) is 0. The number of hydrogen-bond donors (Lipinski definition) is 1. The molecule has 1 aliphatic rings. The van der Waals surface area contributed by atoms with E-state index < -0.39 is 0 Å². The van der Waals surface area contributed by atoms with Crippen LogP contribution in [0.1, 0.15) is 22.9 Å². The highest BCUT2D eigenvalue weighted by Crippen LogP contribution is 2.32. The second kappa shape index (κ2) is 7.75. The molecule has 0 fully saturated rings. The molecule has 1 N–H and O–H groups in total. The highest BCUT2D eigenvalue weighted by atomic mass is 32.1. The maximum absolute atomic E-state index is 5.78. The Morgan fingerprint density at radius 3 is 2.42 bits per heavy atom. The van der Waals surface area contributed by atoms with Crippen molar-refractivity contribution in [2.45, 2.75) is 19.0 Å². The largest absolute Gasteiger partial charge is 0.362 e. The predicted molar refractivity (Wildman–Crippen MR) is 110 cm³/mol. The summed E-state index contributed by atoms with van der Waals surface area (Å²) >= 11 is 5.78. The number of hydrogen-bond acceptors (Lipinski definition) is 1. The van der Waals surface area contributed by atoms with Crippen LogP contribution < -0.4 is 5.32 Å². The number of thiocarbonyl (C=S) groups is 1. The minimum atomic E-state index is 0.164. The first-order valence-corrected chi connectivity index (χ1v) is 9.52. The zero-order chi connectivity index (χ0) is 17.8. The standard InChI is InChI=1S/C22H23N3S/c26-22(23-14-13-18-8-3-1-4-9-18)25-17-16-24-15-7-12-20(24)21(25)19-10-5-2-6-11-19/h1-12,15,21H,13-14,16-17H2,(H,23,26)/t21-/m0/s1. The first-order valence-electron chi connectivity index (χ1n) is 9.11. The molecule has 1 aliphatic heterocycles. The Balaban J connectivity index is 1.50. The molecule has 0 aliphatic carbocycles. The van der Waals surface area contributed by atoms with Crippen molar-refractivity contribution < 1.29 is 0 Å². The van der Waals surface area contributed by atoms with Crippen LogP contribution >= 0.6 is 12.2 Å². The van der Waals surface area contributed by atoms with Crippen LogP contribution in [-0.2, 0) is 13.0 Å². The van der Waals surface area contributed by atoms with Crippen molar-refractivity contribution in [1.29, 1.82) is 0 Å². The lowest BCUT2D eigenvalue weighted by molar-refractivity contribution is 0.286. The van der Waals surface area contributed by atoms with Crippen LogP contribution in [0.3, 0.4) is 0 Å². The molecule has 4 heteroatoms. The van der Waals surface area contributed by atoms with Gasteiger partial charge >= 0.3 is 0 Å². The van der Waals surface area contributed by atoms with Crippen LogP contribution in [0.15, 0.2) is 79.0 Å². The van der Waals surface area contributed by atoms with Gasteiger partial charge in [0.15, 0.2) is 5.11 Å². The molecule has 2 aromatic carbocycles. The molecular formula is C22H23N3S. The molecule has 132 valence electrons. The van der Waals surface area contributed by atoms with E-state index in [1.54, 1.807) is 0 Å². The zero-order valence-corrected chi connectivity index (χ0v) is 15.5. The third-order valence-corrected chi connectivity index (χ3v) is 5.33. The molecule has 1 aromatic heterocycles. The van der Waals surface area contributed by atoms with E-state index in [2.05, 4.69) is 93.8 Å². The predicted octanol–water partition coefficient (Wildman–Crippen LogP) is 4.01. The Hall–Kier alpha value is -2.59. The zero-order valence-electron chi connectivity index (χ0n) is 14.7. The third kappa shape index (κ3) is 3.51. The summed E-state index contributed by atoms with van der Waals surface area (Å²) in [6.45, 7) is 2.73. The molecule has 0 saturated carbocycles. The Morgan fingerprint density at radius 2 is 1.65 bits per heavy atom. The van der Waals surface area contributed by atoms with Gasteiger partial charge in [0.2, 0.25) is 0 Å². The van der Waals surface area contributed by atoms with Crippen molar-refractivity contribution >= 4 is 17.3 Å². The average molecular weight is 362 g/mol. The topological polar surface area (TPSA) is 20.2 Å². The molecule has 0 unspecified atom stereocenters. The van der Waals surface area contributed by atoms with E-state index in [0.717, 1.165) is 31.2 Å². The normalized spacial score (nSPS) is 16.2. The van der Waals surface area contributed by atoms with Gasteiger partial charge in [-0.25, -0.2) is 0 Å². The van der Waals surface area contributed by atoms with Gasteiger partial charge in [-0.1, -0.05) is 60.7 Å². The van der Waals surface area contributed by atoms with Crippen LogP contribution in [0, 0.1) is 0 Å². The maximum atomic E-state index is 5.78. The first-order chi connectivity index (χ1) is 12.8.